The van der Waals surface area contributed by atoms with Crippen molar-refractivity contribution in [2.24, 2.45) is 7.05 Å². The number of nitrogens with zero attached hydrogens (tertiary/aromatic N) is 4. The Kier molecular flexibility index (Phi) is 5.68. The van der Waals surface area contributed by atoms with Crippen LogP contribution in [0.3, 0.4) is 0 Å². The smallest absolute Gasteiger partial charge is 0.307 e. The summed E-state index contributed by atoms with van der Waals surface area (Å²) < 4.78 is 2.74. The molecule has 0 atom stereocenters. The lowest BCUT2D eigenvalue weighted by molar-refractivity contribution is 0.764. The first kappa shape index (κ1) is 20.3. The number of hydrogen-bond donors (Lipinski definition) is 0. The molecule has 0 radical (unpaired) electrons. The van der Waals surface area contributed by atoms with Gasteiger partial charge in [0.2, 0.25) is 0 Å². The zero-order chi connectivity index (χ0) is 21.3. The molecular weight excluding hydrogens is 392 g/mol. The molecule has 0 unspecified atom stereocenters. The van der Waals surface area contributed by atoms with Gasteiger partial charge in [-0.3, -0.25) is 14.8 Å². The van der Waals surface area contributed by atoms with Crippen LogP contribution in [-0.4, -0.2) is 21.1 Å². The molecule has 0 bridgehead atoms. The molecule has 4 heterocycles. The van der Waals surface area contributed by atoms with Crippen molar-refractivity contribution in [1.29, 1.82) is 0 Å². The van der Waals surface area contributed by atoms with E-state index in [1.165, 1.54) is 16.9 Å². The van der Waals surface area contributed by atoms with Gasteiger partial charge in [-0.15, -0.1) is 0 Å². The number of aromatic nitrogens is 3. The average molecular weight is 419 g/mol. The first-order valence-corrected chi connectivity index (χ1v) is 11.2. The predicted octanol–water partition coefficient (Wildman–Crippen LogP) is 5.48. The summed E-state index contributed by atoms with van der Waals surface area (Å²) in [5.74, 6) is 0. The van der Waals surface area contributed by atoms with Crippen molar-refractivity contribution in [3.05, 3.63) is 69.7 Å². The highest BCUT2D eigenvalue weighted by molar-refractivity contribution is 7.16. The van der Waals surface area contributed by atoms with Crippen LogP contribution in [0.15, 0.2) is 53.6 Å². The number of hydrogen-bond acceptors (Lipinski definition) is 5. The summed E-state index contributed by atoms with van der Waals surface area (Å²) in [6.45, 7) is 6.94. The lowest BCUT2D eigenvalue weighted by Gasteiger charge is -2.31. The number of pyridine rings is 2. The minimum atomic E-state index is 0.0733. The Morgan fingerprint density at radius 1 is 1.03 bits per heavy atom. The van der Waals surface area contributed by atoms with E-state index in [0.717, 1.165) is 57.9 Å². The monoisotopic (exact) mass is 418 g/mol. The molecule has 0 spiro atoms. The van der Waals surface area contributed by atoms with Crippen molar-refractivity contribution in [3.8, 4) is 11.3 Å². The van der Waals surface area contributed by atoms with Gasteiger partial charge in [0.15, 0.2) is 0 Å². The zero-order valence-corrected chi connectivity index (χ0v) is 18.7. The van der Waals surface area contributed by atoms with Crippen LogP contribution in [0, 0.1) is 6.92 Å². The van der Waals surface area contributed by atoms with Crippen LogP contribution in [0.5, 0.6) is 0 Å². The van der Waals surface area contributed by atoms with Crippen molar-refractivity contribution in [2.75, 3.05) is 11.4 Å². The maximum atomic E-state index is 12.0. The van der Waals surface area contributed by atoms with Gasteiger partial charge in [-0.2, -0.15) is 0 Å². The van der Waals surface area contributed by atoms with Gasteiger partial charge in [-0.1, -0.05) is 25.2 Å². The Morgan fingerprint density at radius 2 is 1.87 bits per heavy atom. The van der Waals surface area contributed by atoms with E-state index in [9.17, 15) is 4.79 Å². The third-order valence-corrected chi connectivity index (χ3v) is 6.39. The van der Waals surface area contributed by atoms with Crippen molar-refractivity contribution in [3.63, 3.8) is 0 Å². The van der Waals surface area contributed by atoms with Gasteiger partial charge >= 0.3 is 4.87 Å². The average Bonchev–Trinajstić information content (AvgIpc) is 3.08. The highest BCUT2D eigenvalue weighted by Crippen LogP contribution is 2.36. The number of benzene rings is 1. The maximum absolute atomic E-state index is 12.0. The molecule has 5 nitrogen and oxygen atoms in total. The Hall–Kier alpha value is -2.99. The Labute approximate surface area is 180 Å². The van der Waals surface area contributed by atoms with E-state index < -0.39 is 0 Å². The topological polar surface area (TPSA) is 51.0 Å². The largest absolute Gasteiger partial charge is 0.340 e. The summed E-state index contributed by atoms with van der Waals surface area (Å²) in [7, 11) is 1.83. The summed E-state index contributed by atoms with van der Waals surface area (Å²) >= 11 is 1.29. The van der Waals surface area contributed by atoms with Crippen LogP contribution in [0.1, 0.15) is 31.5 Å². The van der Waals surface area contributed by atoms with Gasteiger partial charge in [0, 0.05) is 36.7 Å². The van der Waals surface area contributed by atoms with Gasteiger partial charge < -0.3 is 9.47 Å². The number of fused-ring (bicyclic) bond motifs is 2. The lowest BCUT2D eigenvalue weighted by Crippen LogP contribution is -2.24. The van der Waals surface area contributed by atoms with Crippen LogP contribution in [0.2, 0.25) is 0 Å². The van der Waals surface area contributed by atoms with E-state index in [1.807, 2.05) is 52.3 Å². The minimum absolute atomic E-state index is 0.0733. The van der Waals surface area contributed by atoms with E-state index in [0.29, 0.717) is 0 Å². The molecule has 1 aromatic carbocycles. The van der Waals surface area contributed by atoms with Crippen molar-refractivity contribution in [2.45, 2.75) is 33.6 Å². The summed E-state index contributed by atoms with van der Waals surface area (Å²) in [5.41, 5.74) is 7.55. The summed E-state index contributed by atoms with van der Waals surface area (Å²) in [6, 6.07) is 12.5. The molecule has 0 aliphatic carbocycles. The van der Waals surface area contributed by atoms with Gasteiger partial charge in [-0.25, -0.2) is 0 Å². The summed E-state index contributed by atoms with van der Waals surface area (Å²) in [5, 5.41) is 0. The first-order valence-electron chi connectivity index (χ1n) is 10.4. The van der Waals surface area contributed by atoms with Gasteiger partial charge in [0.1, 0.15) is 0 Å². The SMILES string of the molecule is CC.Cc1ccc(-c2cc3c(cn2)N(c2ccc4sc(=O)n(C)c4c2)CCC3)cn1. The highest BCUT2D eigenvalue weighted by atomic mass is 32.1. The van der Waals surface area contributed by atoms with Gasteiger partial charge in [-0.05, 0) is 61.7 Å². The second-order valence-corrected chi connectivity index (χ2v) is 8.21. The van der Waals surface area contributed by atoms with Crippen molar-refractivity contribution < 1.29 is 0 Å². The minimum Gasteiger partial charge on any atom is -0.340 e. The molecule has 0 N–H and O–H groups in total. The fourth-order valence-electron chi connectivity index (χ4n) is 3.81. The van der Waals surface area contributed by atoms with Gasteiger partial charge in [0.25, 0.3) is 0 Å². The third-order valence-electron chi connectivity index (χ3n) is 5.38. The molecule has 5 rings (SSSR count). The van der Waals surface area contributed by atoms with E-state index >= 15 is 0 Å². The van der Waals surface area contributed by atoms with Crippen molar-refractivity contribution in [1.82, 2.24) is 14.5 Å². The summed E-state index contributed by atoms with van der Waals surface area (Å²) in [6.07, 6.45) is 5.99. The second kappa shape index (κ2) is 8.40. The quantitative estimate of drug-likeness (QED) is 0.433. The highest BCUT2D eigenvalue weighted by Gasteiger charge is 2.20. The molecule has 0 saturated carbocycles. The lowest BCUT2D eigenvalue weighted by atomic mass is 10.0. The normalized spacial score (nSPS) is 13.0. The van der Waals surface area contributed by atoms with Crippen LogP contribution in [-0.2, 0) is 13.5 Å². The number of anilines is 2. The Morgan fingerprint density at radius 3 is 2.63 bits per heavy atom. The molecule has 1 aliphatic rings. The molecule has 0 saturated heterocycles. The zero-order valence-electron chi connectivity index (χ0n) is 17.8. The third kappa shape index (κ3) is 3.63. The number of aryl methyl sites for hydroxylation is 3. The number of rotatable bonds is 2. The maximum Gasteiger partial charge on any atom is 0.307 e. The Bertz CT molecular complexity index is 1240. The standard InChI is InChI=1S/C22H20N4OS.C2H6/c1-14-5-6-16(12-23-14)18-10-15-4-3-9-26(20(15)13-24-18)17-7-8-21-19(11-17)25(2)22(27)28-21;1-2/h5-8,10-13H,3-4,9H2,1-2H3;1-2H3. The van der Waals surface area contributed by atoms with E-state index in [2.05, 4.69) is 34.1 Å². The molecule has 0 amide bonds. The van der Waals surface area contributed by atoms with Crippen LogP contribution in [0.25, 0.3) is 21.5 Å². The Balaban J connectivity index is 0.00000106. The first-order chi connectivity index (χ1) is 14.6. The molecule has 3 aromatic heterocycles. The van der Waals surface area contributed by atoms with Crippen LogP contribution < -0.4 is 9.77 Å². The van der Waals surface area contributed by atoms with E-state index in [4.69, 9.17) is 4.98 Å². The molecule has 0 fully saturated rings. The van der Waals surface area contributed by atoms with E-state index in [-0.39, 0.29) is 4.87 Å². The van der Waals surface area contributed by atoms with Crippen molar-refractivity contribution >= 4 is 32.9 Å². The molecule has 6 heteroatoms. The summed E-state index contributed by atoms with van der Waals surface area (Å²) in [4.78, 5) is 23.5. The fourth-order valence-corrected chi connectivity index (χ4v) is 4.67. The fraction of sp³-hybridized carbons (Fsp3) is 0.292. The molecular formula is C24H26N4OS. The molecule has 30 heavy (non-hydrogen) atoms. The second-order valence-electron chi connectivity index (χ2n) is 7.22. The van der Waals surface area contributed by atoms with Crippen LogP contribution >= 0.6 is 11.3 Å². The molecule has 4 aromatic rings. The van der Waals surface area contributed by atoms with Gasteiger partial charge in [0.05, 0.1) is 27.8 Å². The molecule has 154 valence electrons. The molecule has 1 aliphatic heterocycles. The number of thiazole rings is 1. The van der Waals surface area contributed by atoms with Crippen LogP contribution in [0.4, 0.5) is 11.4 Å². The predicted molar refractivity (Wildman–Crippen MR) is 126 cm³/mol. The van der Waals surface area contributed by atoms with E-state index in [1.54, 1.807) is 4.57 Å².